The molecule has 2 aromatic rings. The summed E-state index contributed by atoms with van der Waals surface area (Å²) in [5.41, 5.74) is -0.0465. The van der Waals surface area contributed by atoms with Gasteiger partial charge in [-0.3, -0.25) is 0 Å². The number of hydrogen-bond acceptors (Lipinski definition) is 4. The van der Waals surface area contributed by atoms with Gasteiger partial charge in [-0.25, -0.2) is 0 Å². The first-order valence-corrected chi connectivity index (χ1v) is 6.12. The summed E-state index contributed by atoms with van der Waals surface area (Å²) in [5, 5.41) is 6.78. The van der Waals surface area contributed by atoms with E-state index in [0.29, 0.717) is 24.4 Å². The molecule has 4 nitrogen and oxygen atoms in total. The maximum atomic E-state index is 12.6. The molecular formula is C13H14F3N3O. The van der Waals surface area contributed by atoms with Crippen LogP contribution in [0.4, 0.5) is 13.2 Å². The van der Waals surface area contributed by atoms with E-state index in [1.807, 2.05) is 6.92 Å². The SMILES string of the molecule is CC(NCCc1ncon1)c1cccc(C(F)(F)F)c1. The highest BCUT2D eigenvalue weighted by Gasteiger charge is 2.30. The molecule has 1 atom stereocenters. The van der Waals surface area contributed by atoms with Crippen molar-refractivity contribution in [1.29, 1.82) is 0 Å². The van der Waals surface area contributed by atoms with Gasteiger partial charge in [0.05, 0.1) is 5.56 Å². The molecule has 0 fully saturated rings. The molecule has 0 saturated carbocycles. The summed E-state index contributed by atoms with van der Waals surface area (Å²) in [6.07, 6.45) is -2.52. The third-order valence-electron chi connectivity index (χ3n) is 2.92. The van der Waals surface area contributed by atoms with Crippen molar-refractivity contribution in [2.45, 2.75) is 25.6 Å². The lowest BCUT2D eigenvalue weighted by atomic mass is 10.0. The van der Waals surface area contributed by atoms with Crippen molar-refractivity contribution in [3.8, 4) is 0 Å². The normalized spacial score (nSPS) is 13.4. The van der Waals surface area contributed by atoms with Crippen molar-refractivity contribution in [2.24, 2.45) is 0 Å². The number of alkyl halides is 3. The lowest BCUT2D eigenvalue weighted by molar-refractivity contribution is -0.137. The first kappa shape index (κ1) is 14.5. The van der Waals surface area contributed by atoms with Gasteiger partial charge in [0.2, 0.25) is 6.39 Å². The number of nitrogens with zero attached hydrogens (tertiary/aromatic N) is 2. The quantitative estimate of drug-likeness (QED) is 0.917. The van der Waals surface area contributed by atoms with Gasteiger partial charge >= 0.3 is 6.18 Å². The largest absolute Gasteiger partial charge is 0.416 e. The van der Waals surface area contributed by atoms with Gasteiger partial charge in [-0.2, -0.15) is 18.2 Å². The molecule has 0 aliphatic rings. The van der Waals surface area contributed by atoms with E-state index in [9.17, 15) is 13.2 Å². The molecule has 0 saturated heterocycles. The van der Waals surface area contributed by atoms with E-state index in [-0.39, 0.29) is 6.04 Å². The lowest BCUT2D eigenvalue weighted by Gasteiger charge is -2.15. The number of hydrogen-bond donors (Lipinski definition) is 1. The summed E-state index contributed by atoms with van der Waals surface area (Å²) in [5.74, 6) is 0.564. The van der Waals surface area contributed by atoms with Crippen LogP contribution in [0.2, 0.25) is 0 Å². The first-order valence-electron chi connectivity index (χ1n) is 6.12. The molecule has 0 bridgehead atoms. The van der Waals surface area contributed by atoms with Gasteiger partial charge in [0, 0.05) is 19.0 Å². The van der Waals surface area contributed by atoms with Crippen molar-refractivity contribution in [3.05, 3.63) is 47.6 Å². The Morgan fingerprint density at radius 2 is 2.15 bits per heavy atom. The fourth-order valence-corrected chi connectivity index (χ4v) is 1.81. The standard InChI is InChI=1S/C13H14F3N3O/c1-9(17-6-5-12-18-8-20-19-12)10-3-2-4-11(7-10)13(14,15)16/h2-4,7-9,17H,5-6H2,1H3. The summed E-state index contributed by atoms with van der Waals surface area (Å²) in [6, 6.07) is 5.11. The van der Waals surface area contributed by atoms with E-state index in [1.54, 1.807) is 6.07 Å². The van der Waals surface area contributed by atoms with Crippen LogP contribution in [-0.2, 0) is 12.6 Å². The molecular weight excluding hydrogens is 271 g/mol. The predicted molar refractivity (Wildman–Crippen MR) is 65.9 cm³/mol. The summed E-state index contributed by atoms with van der Waals surface area (Å²) in [4.78, 5) is 3.87. The second-order valence-corrected chi connectivity index (χ2v) is 4.40. The highest BCUT2D eigenvalue weighted by atomic mass is 19.4. The highest BCUT2D eigenvalue weighted by Crippen LogP contribution is 2.30. The van der Waals surface area contributed by atoms with Gasteiger partial charge in [0.15, 0.2) is 5.82 Å². The average Bonchev–Trinajstić information content (AvgIpc) is 2.91. The molecule has 2 rings (SSSR count). The van der Waals surface area contributed by atoms with Crippen molar-refractivity contribution in [3.63, 3.8) is 0 Å². The molecule has 1 N–H and O–H groups in total. The highest BCUT2D eigenvalue weighted by molar-refractivity contribution is 5.27. The number of benzene rings is 1. The minimum Gasteiger partial charge on any atom is -0.343 e. The zero-order valence-corrected chi connectivity index (χ0v) is 10.8. The van der Waals surface area contributed by atoms with Gasteiger partial charge < -0.3 is 9.84 Å². The second-order valence-electron chi connectivity index (χ2n) is 4.40. The predicted octanol–water partition coefficient (Wildman–Crippen LogP) is 2.98. The summed E-state index contributed by atoms with van der Waals surface area (Å²) in [7, 11) is 0. The van der Waals surface area contributed by atoms with Crippen molar-refractivity contribution in [1.82, 2.24) is 15.5 Å². The average molecular weight is 285 g/mol. The van der Waals surface area contributed by atoms with E-state index in [0.717, 1.165) is 12.1 Å². The fourth-order valence-electron chi connectivity index (χ4n) is 1.81. The molecule has 20 heavy (non-hydrogen) atoms. The van der Waals surface area contributed by atoms with E-state index < -0.39 is 11.7 Å². The van der Waals surface area contributed by atoms with Gasteiger partial charge in [0.1, 0.15) is 0 Å². The molecule has 0 aliphatic heterocycles. The number of halogens is 3. The molecule has 7 heteroatoms. The van der Waals surface area contributed by atoms with Gasteiger partial charge in [-0.05, 0) is 24.6 Å². The van der Waals surface area contributed by atoms with Crippen LogP contribution in [0.25, 0.3) is 0 Å². The van der Waals surface area contributed by atoms with Crippen molar-refractivity contribution < 1.29 is 17.7 Å². The van der Waals surface area contributed by atoms with E-state index in [4.69, 9.17) is 0 Å². The smallest absolute Gasteiger partial charge is 0.343 e. The third-order valence-corrected chi connectivity index (χ3v) is 2.92. The molecule has 1 aromatic carbocycles. The van der Waals surface area contributed by atoms with Crippen LogP contribution in [0.15, 0.2) is 35.2 Å². The first-order chi connectivity index (χ1) is 9.47. The number of nitrogens with one attached hydrogen (secondary N) is 1. The Hall–Kier alpha value is -1.89. The van der Waals surface area contributed by atoms with Crippen molar-refractivity contribution in [2.75, 3.05) is 6.54 Å². The molecule has 108 valence electrons. The molecule has 0 aliphatic carbocycles. The molecule has 1 heterocycles. The molecule has 0 amide bonds. The van der Waals surface area contributed by atoms with Gasteiger partial charge in [0.25, 0.3) is 0 Å². The molecule has 0 spiro atoms. The molecule has 1 unspecified atom stereocenters. The third kappa shape index (κ3) is 3.80. The summed E-state index contributed by atoms with van der Waals surface area (Å²) >= 11 is 0. The Bertz CT molecular complexity index is 540. The Morgan fingerprint density at radius 3 is 2.80 bits per heavy atom. The fraction of sp³-hybridized carbons (Fsp3) is 0.385. The number of aromatic nitrogens is 2. The minimum absolute atomic E-state index is 0.191. The topological polar surface area (TPSA) is 51.0 Å². The number of rotatable bonds is 5. The Kier molecular flexibility index (Phi) is 4.39. The van der Waals surface area contributed by atoms with E-state index in [1.165, 1.54) is 12.5 Å². The van der Waals surface area contributed by atoms with Crippen LogP contribution < -0.4 is 5.32 Å². The van der Waals surface area contributed by atoms with Crippen LogP contribution in [0, 0.1) is 0 Å². The van der Waals surface area contributed by atoms with Crippen LogP contribution in [0.1, 0.15) is 29.9 Å². The zero-order valence-electron chi connectivity index (χ0n) is 10.8. The van der Waals surface area contributed by atoms with Crippen LogP contribution >= 0.6 is 0 Å². The summed E-state index contributed by atoms with van der Waals surface area (Å²) < 4.78 is 42.5. The van der Waals surface area contributed by atoms with E-state index >= 15 is 0 Å². The monoisotopic (exact) mass is 285 g/mol. The zero-order chi connectivity index (χ0) is 14.6. The Labute approximate surface area is 114 Å². The molecule has 0 radical (unpaired) electrons. The van der Waals surface area contributed by atoms with Crippen molar-refractivity contribution >= 4 is 0 Å². The second kappa shape index (κ2) is 6.04. The van der Waals surface area contributed by atoms with Crippen LogP contribution in [0.5, 0.6) is 0 Å². The van der Waals surface area contributed by atoms with Crippen LogP contribution in [0.3, 0.4) is 0 Å². The lowest BCUT2D eigenvalue weighted by Crippen LogP contribution is -2.22. The Balaban J connectivity index is 1.93. The molecule has 1 aromatic heterocycles. The maximum absolute atomic E-state index is 12.6. The van der Waals surface area contributed by atoms with Gasteiger partial charge in [-0.15, -0.1) is 0 Å². The van der Waals surface area contributed by atoms with Gasteiger partial charge in [-0.1, -0.05) is 17.3 Å². The Morgan fingerprint density at radius 1 is 1.35 bits per heavy atom. The van der Waals surface area contributed by atoms with Crippen LogP contribution in [-0.4, -0.2) is 16.7 Å². The van der Waals surface area contributed by atoms with E-state index in [2.05, 4.69) is 20.0 Å². The minimum atomic E-state index is -4.32. The summed E-state index contributed by atoms with van der Waals surface area (Å²) in [6.45, 7) is 2.36. The maximum Gasteiger partial charge on any atom is 0.416 e.